The van der Waals surface area contributed by atoms with Gasteiger partial charge in [-0.3, -0.25) is 27.1 Å². The topological polar surface area (TPSA) is 167 Å². The van der Waals surface area contributed by atoms with Gasteiger partial charge in [-0.15, -0.1) is 0 Å². The summed E-state index contributed by atoms with van der Waals surface area (Å²) in [7, 11) is -11.7. The van der Waals surface area contributed by atoms with Crippen molar-refractivity contribution in [3.8, 4) is 0 Å². The van der Waals surface area contributed by atoms with E-state index in [1.807, 2.05) is 0 Å². The molecule has 0 amide bonds. The first kappa shape index (κ1) is 71.4. The van der Waals surface area contributed by atoms with Crippen molar-refractivity contribution >= 4 is 23.5 Å². The summed E-state index contributed by atoms with van der Waals surface area (Å²) >= 11 is 0. The molecule has 12 nitrogen and oxygen atoms in total. The second-order valence-electron chi connectivity index (χ2n) is 17.7. The van der Waals surface area contributed by atoms with Gasteiger partial charge in [0.05, 0.1) is 39.6 Å². The van der Waals surface area contributed by atoms with E-state index in [-0.39, 0.29) is 17.1 Å². The normalized spacial score (nSPS) is 17.1. The molecular formula is C48H105FeO12P3. The summed E-state index contributed by atoms with van der Waals surface area (Å²) in [5.74, 6) is 2.06. The Morgan fingerprint density at radius 1 is 0.297 bits per heavy atom. The zero-order chi connectivity index (χ0) is 48.4. The van der Waals surface area contributed by atoms with Crippen molar-refractivity contribution in [1.29, 1.82) is 0 Å². The van der Waals surface area contributed by atoms with Gasteiger partial charge in [0.2, 0.25) is 0 Å². The molecule has 0 bridgehead atoms. The quantitative estimate of drug-likeness (QED) is 0.0392. The average Bonchev–Trinajstić information content (AvgIpc) is 3.27. The molecule has 0 rings (SSSR count). The van der Waals surface area contributed by atoms with Gasteiger partial charge in [0.15, 0.2) is 0 Å². The third-order valence-electron chi connectivity index (χ3n) is 12.1. The van der Waals surface area contributed by atoms with Crippen molar-refractivity contribution in [2.24, 2.45) is 35.5 Å². The van der Waals surface area contributed by atoms with Crippen LogP contribution in [-0.4, -0.2) is 54.3 Å². The summed E-state index contributed by atoms with van der Waals surface area (Å²) < 4.78 is 66.7. The van der Waals surface area contributed by atoms with E-state index in [9.17, 15) is 28.4 Å². The third kappa shape index (κ3) is 45.3. The van der Waals surface area contributed by atoms with Crippen LogP contribution in [0.25, 0.3) is 0 Å². The number of hydrogen-bond acceptors (Lipinski definition) is 9. The fourth-order valence-electron chi connectivity index (χ4n) is 6.70. The van der Waals surface area contributed by atoms with Gasteiger partial charge in [-0.05, 0) is 74.0 Å². The number of unbranched alkanes of at least 4 members (excludes halogenated alkanes) is 6. The molecule has 64 heavy (non-hydrogen) atoms. The number of hydrogen-bond donors (Lipinski definition) is 3. The molecule has 0 aliphatic heterocycles. The maximum Gasteiger partial charge on any atom is 0.472 e. The smallest absolute Gasteiger partial charge is 0.302 e. The van der Waals surface area contributed by atoms with Crippen LogP contribution in [0.1, 0.15) is 237 Å². The number of rotatable bonds is 42. The van der Waals surface area contributed by atoms with Crippen molar-refractivity contribution < 1.29 is 72.6 Å². The van der Waals surface area contributed by atoms with Gasteiger partial charge in [0, 0.05) is 17.1 Å². The van der Waals surface area contributed by atoms with Gasteiger partial charge in [0.25, 0.3) is 0 Å². The van der Waals surface area contributed by atoms with E-state index in [0.717, 1.165) is 154 Å². The van der Waals surface area contributed by atoms with E-state index in [2.05, 4.69) is 83.1 Å². The zero-order valence-corrected chi connectivity index (χ0v) is 47.2. The fourth-order valence-corrected chi connectivity index (χ4v) is 9.32. The minimum atomic E-state index is -3.89. The summed E-state index contributed by atoms with van der Waals surface area (Å²) in [4.78, 5) is 29.3. The Labute approximate surface area is 406 Å². The molecule has 0 aliphatic rings. The van der Waals surface area contributed by atoms with Crippen LogP contribution in [-0.2, 0) is 57.9 Å². The summed E-state index contributed by atoms with van der Waals surface area (Å²) in [5.41, 5.74) is 0. The second kappa shape index (κ2) is 47.5. The first-order valence-electron chi connectivity index (χ1n) is 25.8. The molecular weight excluding hydrogens is 917 g/mol. The Balaban J connectivity index is -0.000000419. The molecule has 0 aliphatic carbocycles. The van der Waals surface area contributed by atoms with Crippen LogP contribution in [0, 0.1) is 35.5 Å². The van der Waals surface area contributed by atoms with Crippen LogP contribution < -0.4 is 0 Å². The van der Waals surface area contributed by atoms with Gasteiger partial charge < -0.3 is 14.7 Å². The fraction of sp³-hybridized carbons (Fsp3) is 1.00. The van der Waals surface area contributed by atoms with Gasteiger partial charge in [-0.2, -0.15) is 0 Å². The molecule has 0 spiro atoms. The molecule has 6 unspecified atom stereocenters. The van der Waals surface area contributed by atoms with Gasteiger partial charge >= 0.3 is 23.5 Å². The Morgan fingerprint density at radius 2 is 0.422 bits per heavy atom. The van der Waals surface area contributed by atoms with Gasteiger partial charge in [0.1, 0.15) is 0 Å². The molecule has 0 aromatic carbocycles. The first-order chi connectivity index (χ1) is 30.0. The Hall–Kier alpha value is 0.849. The monoisotopic (exact) mass is 1020 g/mol. The molecule has 0 aromatic heterocycles. The molecule has 0 saturated carbocycles. The molecule has 0 fully saturated rings. The standard InChI is InChI=1S/3C16H35O4P.Fe/c3*1-5-9-11-15(7-3)13-19-21(17,18)20-14-16(8-4)12-10-6-2;/h3*15-16H,5-14H2,1-4H3,(H,17,18);. The predicted octanol–water partition coefficient (Wildman–Crippen LogP) is 16.7. The van der Waals surface area contributed by atoms with Crippen LogP contribution >= 0.6 is 23.5 Å². The van der Waals surface area contributed by atoms with Crippen molar-refractivity contribution in [3.05, 3.63) is 0 Å². The molecule has 392 valence electrons. The SMILES string of the molecule is CCCCC(CC)COP(=O)(O)OCC(CC)CCCC.CCCCC(CC)COP(=O)(O)OCC(CC)CCCC.CCCCC(CC)COP(=O)(O)OCC(CC)CCCC.[Fe]. The van der Waals surface area contributed by atoms with Crippen molar-refractivity contribution in [2.75, 3.05) is 39.6 Å². The molecule has 6 atom stereocenters. The van der Waals surface area contributed by atoms with E-state index in [1.165, 1.54) is 0 Å². The summed E-state index contributed by atoms with van der Waals surface area (Å²) in [6, 6.07) is 0. The van der Waals surface area contributed by atoms with E-state index >= 15 is 0 Å². The Bertz CT molecular complexity index is 919. The molecule has 0 radical (unpaired) electrons. The molecule has 16 heteroatoms. The Kier molecular flexibility index (Phi) is 53.0. The van der Waals surface area contributed by atoms with Crippen LogP contribution in [0.15, 0.2) is 0 Å². The largest absolute Gasteiger partial charge is 0.472 e. The average molecular weight is 1020 g/mol. The van der Waals surface area contributed by atoms with Crippen molar-refractivity contribution in [1.82, 2.24) is 0 Å². The predicted molar refractivity (Wildman–Crippen MR) is 265 cm³/mol. The minimum absolute atomic E-state index is 0. The van der Waals surface area contributed by atoms with E-state index in [4.69, 9.17) is 27.1 Å². The van der Waals surface area contributed by atoms with Gasteiger partial charge in [-0.1, -0.05) is 199 Å². The maximum atomic E-state index is 11.9. The summed E-state index contributed by atoms with van der Waals surface area (Å²) in [6.45, 7) is 27.3. The number of phosphoric ester groups is 3. The molecule has 0 heterocycles. The van der Waals surface area contributed by atoms with Crippen molar-refractivity contribution in [3.63, 3.8) is 0 Å². The van der Waals surface area contributed by atoms with Gasteiger partial charge in [-0.25, -0.2) is 13.7 Å². The van der Waals surface area contributed by atoms with E-state index in [0.29, 0.717) is 75.1 Å². The summed E-state index contributed by atoms with van der Waals surface area (Å²) in [6.07, 6.45) is 25.7. The first-order valence-corrected chi connectivity index (χ1v) is 30.3. The molecule has 0 saturated heterocycles. The molecule has 3 N–H and O–H groups in total. The second-order valence-corrected chi connectivity index (χ2v) is 22.0. The number of phosphoric acid groups is 3. The van der Waals surface area contributed by atoms with E-state index < -0.39 is 23.5 Å². The maximum absolute atomic E-state index is 11.9. The minimum Gasteiger partial charge on any atom is -0.302 e. The van der Waals surface area contributed by atoms with Crippen LogP contribution in [0.4, 0.5) is 0 Å². The Morgan fingerprint density at radius 3 is 0.516 bits per heavy atom. The van der Waals surface area contributed by atoms with E-state index in [1.54, 1.807) is 0 Å². The van der Waals surface area contributed by atoms with Crippen LogP contribution in [0.2, 0.25) is 0 Å². The van der Waals surface area contributed by atoms with Crippen molar-refractivity contribution in [2.45, 2.75) is 237 Å². The van der Waals surface area contributed by atoms with Crippen LogP contribution in [0.5, 0.6) is 0 Å². The van der Waals surface area contributed by atoms with Crippen LogP contribution in [0.3, 0.4) is 0 Å². The molecule has 0 aromatic rings. The summed E-state index contributed by atoms with van der Waals surface area (Å²) in [5, 5.41) is 0. The zero-order valence-electron chi connectivity index (χ0n) is 43.4. The third-order valence-corrected chi connectivity index (χ3v) is 15.0.